The topological polar surface area (TPSA) is 98.1 Å². The van der Waals surface area contributed by atoms with Gasteiger partial charge in [0.2, 0.25) is 0 Å². The average Bonchev–Trinajstić information content (AvgIpc) is 3.53. The summed E-state index contributed by atoms with van der Waals surface area (Å²) in [4.78, 5) is 38.2. The number of rotatable bonds is 4. The lowest BCUT2D eigenvalue weighted by Gasteiger charge is -2.16. The molecule has 1 aliphatic carbocycles. The number of pyridine rings is 1. The van der Waals surface area contributed by atoms with E-state index in [0.717, 1.165) is 39.9 Å². The second-order valence-corrected chi connectivity index (χ2v) is 8.53. The molecule has 7 heteroatoms. The van der Waals surface area contributed by atoms with Crippen molar-refractivity contribution in [1.29, 1.82) is 0 Å². The Balaban J connectivity index is 1.41. The highest BCUT2D eigenvalue weighted by Gasteiger charge is 2.29. The van der Waals surface area contributed by atoms with Crippen LogP contribution in [0.2, 0.25) is 0 Å². The second kappa shape index (κ2) is 8.36. The quantitative estimate of drug-likeness (QED) is 0.355. The summed E-state index contributed by atoms with van der Waals surface area (Å²) in [6, 6.07) is 18.4. The van der Waals surface area contributed by atoms with Gasteiger partial charge in [0.25, 0.3) is 5.56 Å². The van der Waals surface area contributed by atoms with Crippen molar-refractivity contribution in [2.75, 3.05) is 0 Å². The van der Waals surface area contributed by atoms with Gasteiger partial charge in [-0.05, 0) is 67.3 Å². The molecule has 1 N–H and O–H groups in total. The van der Waals surface area contributed by atoms with Crippen LogP contribution in [0.1, 0.15) is 52.6 Å². The first-order chi connectivity index (χ1) is 17.1. The first-order valence-corrected chi connectivity index (χ1v) is 11.4. The van der Waals surface area contributed by atoms with Gasteiger partial charge in [0.15, 0.2) is 11.9 Å². The zero-order chi connectivity index (χ0) is 23.9. The van der Waals surface area contributed by atoms with Crippen molar-refractivity contribution in [1.82, 2.24) is 15.0 Å². The molecule has 1 aliphatic rings. The van der Waals surface area contributed by atoms with Crippen molar-refractivity contribution in [3.63, 3.8) is 0 Å². The first kappa shape index (κ1) is 21.0. The van der Waals surface area contributed by atoms with Crippen molar-refractivity contribution in [3.05, 3.63) is 106 Å². The highest BCUT2D eigenvalue weighted by molar-refractivity contribution is 6.07. The predicted molar refractivity (Wildman–Crippen MR) is 133 cm³/mol. The molecule has 0 aliphatic heterocycles. The number of furan rings is 1. The van der Waals surface area contributed by atoms with E-state index in [0.29, 0.717) is 28.7 Å². The molecule has 0 saturated heterocycles. The fourth-order valence-corrected chi connectivity index (χ4v) is 4.63. The van der Waals surface area contributed by atoms with Gasteiger partial charge in [0.1, 0.15) is 5.76 Å². The van der Waals surface area contributed by atoms with Crippen LogP contribution in [0.25, 0.3) is 33.5 Å². The lowest BCUT2D eigenvalue weighted by molar-refractivity contribution is 0.0321. The number of benzene rings is 2. The average molecular weight is 463 g/mol. The number of ether oxygens (including phenoxy) is 1. The molecule has 0 unspecified atom stereocenters. The van der Waals surface area contributed by atoms with E-state index in [1.165, 1.54) is 0 Å². The second-order valence-electron chi connectivity index (χ2n) is 8.53. The van der Waals surface area contributed by atoms with Crippen LogP contribution in [0.5, 0.6) is 0 Å². The molecule has 0 saturated carbocycles. The summed E-state index contributed by atoms with van der Waals surface area (Å²) in [7, 11) is 0. The Hall–Kier alpha value is -4.52. The predicted octanol–water partition coefficient (Wildman–Crippen LogP) is 5.47. The molecule has 1 atom stereocenters. The maximum absolute atomic E-state index is 13.6. The summed E-state index contributed by atoms with van der Waals surface area (Å²) >= 11 is 0. The van der Waals surface area contributed by atoms with Crippen LogP contribution < -0.4 is 5.56 Å². The maximum Gasteiger partial charge on any atom is 0.339 e. The van der Waals surface area contributed by atoms with Crippen LogP contribution in [-0.4, -0.2) is 20.9 Å². The van der Waals surface area contributed by atoms with Crippen LogP contribution in [0.3, 0.4) is 0 Å². The number of allylic oxidation sites excluding steroid dienone is 1. The zero-order valence-corrected chi connectivity index (χ0v) is 18.9. The van der Waals surface area contributed by atoms with Gasteiger partial charge in [-0.1, -0.05) is 30.3 Å². The summed E-state index contributed by atoms with van der Waals surface area (Å²) in [5.74, 6) is 0.574. The molecule has 172 valence electrons. The van der Waals surface area contributed by atoms with E-state index >= 15 is 0 Å². The van der Waals surface area contributed by atoms with Crippen molar-refractivity contribution in [2.24, 2.45) is 0 Å². The fourth-order valence-electron chi connectivity index (χ4n) is 4.63. The van der Waals surface area contributed by atoms with Crippen molar-refractivity contribution in [2.45, 2.75) is 25.9 Å². The molecule has 35 heavy (non-hydrogen) atoms. The number of para-hydroxylation sites is 2. The number of aromatic amines is 1. The van der Waals surface area contributed by atoms with Gasteiger partial charge in [-0.2, -0.15) is 0 Å². The van der Waals surface area contributed by atoms with E-state index in [1.54, 1.807) is 31.4 Å². The SMILES string of the molecule is C[C@@H](OC(=O)c1c2c(nc3ccccc13)/C(=C/c1ccco1)CC2)c1nc2ccccc2c(=O)[nH]1. The van der Waals surface area contributed by atoms with Crippen LogP contribution in [-0.2, 0) is 11.2 Å². The Morgan fingerprint density at radius 2 is 1.74 bits per heavy atom. The van der Waals surface area contributed by atoms with Crippen LogP contribution in [0.4, 0.5) is 0 Å². The van der Waals surface area contributed by atoms with Crippen molar-refractivity contribution < 1.29 is 13.9 Å². The third kappa shape index (κ3) is 3.71. The van der Waals surface area contributed by atoms with Gasteiger partial charge in [-0.15, -0.1) is 0 Å². The minimum Gasteiger partial charge on any atom is -0.465 e. The number of carbonyl (C=O) groups is 1. The Bertz CT molecular complexity index is 1680. The molecule has 5 aromatic rings. The minimum absolute atomic E-state index is 0.267. The number of carbonyl (C=O) groups excluding carboxylic acids is 1. The highest BCUT2D eigenvalue weighted by Crippen LogP contribution is 2.38. The first-order valence-electron chi connectivity index (χ1n) is 11.4. The number of nitrogens with one attached hydrogen (secondary N) is 1. The molecular formula is C28H21N3O4. The highest BCUT2D eigenvalue weighted by atomic mass is 16.5. The Morgan fingerprint density at radius 3 is 2.51 bits per heavy atom. The van der Waals surface area contributed by atoms with E-state index in [-0.39, 0.29) is 5.56 Å². The smallest absolute Gasteiger partial charge is 0.339 e. The van der Waals surface area contributed by atoms with E-state index in [1.807, 2.05) is 48.5 Å². The Kier molecular flexibility index (Phi) is 5.03. The molecule has 3 aromatic heterocycles. The van der Waals surface area contributed by atoms with Gasteiger partial charge in [-0.3, -0.25) is 4.79 Å². The molecule has 6 rings (SSSR count). The van der Waals surface area contributed by atoms with Gasteiger partial charge < -0.3 is 14.1 Å². The van der Waals surface area contributed by atoms with E-state index in [4.69, 9.17) is 14.1 Å². The van der Waals surface area contributed by atoms with Gasteiger partial charge in [-0.25, -0.2) is 14.8 Å². The Morgan fingerprint density at radius 1 is 1.00 bits per heavy atom. The van der Waals surface area contributed by atoms with Gasteiger partial charge in [0.05, 0.1) is 33.9 Å². The molecule has 0 fully saturated rings. The maximum atomic E-state index is 13.6. The molecule has 2 aromatic carbocycles. The molecular weight excluding hydrogens is 442 g/mol. The summed E-state index contributed by atoms with van der Waals surface area (Å²) in [6.07, 6.45) is 4.26. The number of aromatic nitrogens is 3. The molecule has 0 radical (unpaired) electrons. The number of hydrogen-bond donors (Lipinski definition) is 1. The summed E-state index contributed by atoms with van der Waals surface area (Å²) in [5, 5.41) is 1.23. The third-order valence-electron chi connectivity index (χ3n) is 6.31. The number of nitrogens with zero attached hydrogens (tertiary/aromatic N) is 2. The standard InChI is InChI=1S/C28H21N3O4/c1-16(26-30-23-11-5-3-9-20(23)27(32)31-26)35-28(33)24-19-8-2-4-10-22(19)29-25-17(12-13-21(24)25)15-18-7-6-14-34-18/h2-11,14-16H,12-13H2,1H3,(H,30,31,32)/b17-15+/t16-/m1/s1. The van der Waals surface area contributed by atoms with Gasteiger partial charge in [0, 0.05) is 5.39 Å². The molecule has 7 nitrogen and oxygen atoms in total. The van der Waals surface area contributed by atoms with Crippen LogP contribution in [0.15, 0.2) is 76.1 Å². The largest absolute Gasteiger partial charge is 0.465 e. The van der Waals surface area contributed by atoms with E-state index in [2.05, 4.69) is 9.97 Å². The van der Waals surface area contributed by atoms with E-state index < -0.39 is 12.1 Å². The molecule has 0 amide bonds. The number of fused-ring (bicyclic) bond motifs is 3. The van der Waals surface area contributed by atoms with Crippen LogP contribution in [0, 0.1) is 0 Å². The fraction of sp³-hybridized carbons (Fsp3) is 0.143. The lowest BCUT2D eigenvalue weighted by atomic mass is 10.0. The van der Waals surface area contributed by atoms with Gasteiger partial charge >= 0.3 is 5.97 Å². The number of hydrogen-bond acceptors (Lipinski definition) is 6. The van der Waals surface area contributed by atoms with Crippen molar-refractivity contribution >= 4 is 39.4 Å². The molecule has 0 spiro atoms. The Labute approximate surface area is 200 Å². The zero-order valence-electron chi connectivity index (χ0n) is 18.9. The monoisotopic (exact) mass is 463 g/mol. The third-order valence-corrected chi connectivity index (χ3v) is 6.31. The summed E-state index contributed by atoms with van der Waals surface area (Å²) < 4.78 is 11.3. The number of H-pyrrole nitrogens is 1. The van der Waals surface area contributed by atoms with Crippen molar-refractivity contribution in [3.8, 4) is 0 Å². The van der Waals surface area contributed by atoms with Crippen LogP contribution >= 0.6 is 0 Å². The molecule has 0 bridgehead atoms. The normalized spacial score (nSPS) is 14.9. The minimum atomic E-state index is -0.748. The van der Waals surface area contributed by atoms with E-state index in [9.17, 15) is 9.59 Å². The summed E-state index contributed by atoms with van der Waals surface area (Å²) in [6.45, 7) is 1.71. The molecule has 3 heterocycles. The summed E-state index contributed by atoms with van der Waals surface area (Å²) in [5.41, 5.74) is 4.17. The lowest BCUT2D eigenvalue weighted by Crippen LogP contribution is -2.18. The number of esters is 1.